The predicted molar refractivity (Wildman–Crippen MR) is 74.0 cm³/mol. The summed E-state index contributed by atoms with van der Waals surface area (Å²) in [5.41, 5.74) is -0.685. The van der Waals surface area contributed by atoms with Crippen molar-refractivity contribution in [3.63, 3.8) is 0 Å². The number of alkyl halides is 3. The second kappa shape index (κ2) is 6.18. The first kappa shape index (κ1) is 17.0. The number of aromatic carboxylic acids is 1. The van der Waals surface area contributed by atoms with Crippen LogP contribution in [0.25, 0.3) is 0 Å². The van der Waals surface area contributed by atoms with Crippen LogP contribution in [-0.4, -0.2) is 20.5 Å². The normalized spacial score (nSPS) is 14.9. The molecule has 1 rings (SSSR count). The molecule has 20 heavy (non-hydrogen) atoms. The Morgan fingerprint density at radius 1 is 1.50 bits per heavy atom. The highest BCUT2D eigenvalue weighted by Gasteiger charge is 2.35. The van der Waals surface area contributed by atoms with Gasteiger partial charge in [0.05, 0.1) is 26.8 Å². The summed E-state index contributed by atoms with van der Waals surface area (Å²) in [6.07, 6.45) is 0.511. The van der Waals surface area contributed by atoms with E-state index in [1.54, 1.807) is 13.8 Å². The van der Waals surface area contributed by atoms with E-state index >= 15 is 0 Å². The molecule has 0 saturated heterocycles. The van der Waals surface area contributed by atoms with Gasteiger partial charge in [-0.05, 0) is 42.6 Å². The predicted octanol–water partition coefficient (Wildman–Crippen LogP) is 3.89. The van der Waals surface area contributed by atoms with Crippen LogP contribution >= 0.6 is 11.6 Å². The molecule has 3 nitrogen and oxygen atoms in total. The summed E-state index contributed by atoms with van der Waals surface area (Å²) in [5, 5.41) is 4.97. The third-order valence-corrected chi connectivity index (χ3v) is 5.28. The summed E-state index contributed by atoms with van der Waals surface area (Å²) in [7, 11) is -1.75. The Balaban J connectivity index is 3.62. The van der Waals surface area contributed by atoms with Crippen molar-refractivity contribution in [3.8, 4) is 0 Å². The molecule has 0 bridgehead atoms. The number of hydrogen-bond acceptors (Lipinski definition) is 2. The molecule has 0 aliphatic rings. The third kappa shape index (κ3) is 3.35. The molecule has 0 aliphatic carbocycles. The van der Waals surface area contributed by atoms with Gasteiger partial charge < -0.3 is 5.11 Å². The van der Waals surface area contributed by atoms with Crippen molar-refractivity contribution < 1.29 is 22.9 Å². The minimum absolute atomic E-state index is 0.0639. The first-order chi connectivity index (χ1) is 9.11. The lowest BCUT2D eigenvalue weighted by atomic mass is 10.0. The van der Waals surface area contributed by atoms with Crippen LogP contribution in [0, 0.1) is 6.92 Å². The first-order valence-electron chi connectivity index (χ1n) is 5.95. The number of benzene rings is 1. The van der Waals surface area contributed by atoms with E-state index in [-0.39, 0.29) is 21.3 Å². The molecular weight excluding hydrogens is 310 g/mol. The van der Waals surface area contributed by atoms with Gasteiger partial charge in [0.2, 0.25) is 0 Å². The molecule has 0 spiro atoms. The fourth-order valence-electron chi connectivity index (χ4n) is 1.76. The van der Waals surface area contributed by atoms with Gasteiger partial charge in [-0.2, -0.15) is 8.78 Å². The van der Waals surface area contributed by atoms with Gasteiger partial charge in [0.25, 0.3) is 0 Å². The van der Waals surface area contributed by atoms with Gasteiger partial charge in [-0.25, -0.2) is 4.79 Å². The van der Waals surface area contributed by atoms with E-state index in [0.29, 0.717) is 6.42 Å². The van der Waals surface area contributed by atoms with Crippen molar-refractivity contribution in [2.75, 3.05) is 0 Å². The minimum Gasteiger partial charge on any atom is -0.478 e. The van der Waals surface area contributed by atoms with Crippen LogP contribution < -0.4 is 0 Å². The second-order valence-corrected chi connectivity index (χ2v) is 6.72. The number of carboxylic acid groups (broad SMARTS) is 1. The molecule has 0 amide bonds. The molecule has 112 valence electrons. The summed E-state index contributed by atoms with van der Waals surface area (Å²) in [5.74, 6) is -1.26. The lowest BCUT2D eigenvalue weighted by molar-refractivity contribution is 0.0693. The van der Waals surface area contributed by atoms with Crippen molar-refractivity contribution in [2.45, 2.75) is 42.7 Å². The van der Waals surface area contributed by atoms with E-state index in [2.05, 4.69) is 0 Å². The SMILES string of the molecule is CC[C@@H](C)[S@](=O)c1c(C(F)(F)Cl)ccc(C(=O)O)c1C. The van der Waals surface area contributed by atoms with E-state index < -0.39 is 27.7 Å². The van der Waals surface area contributed by atoms with E-state index in [1.807, 2.05) is 0 Å². The number of halogens is 3. The zero-order valence-corrected chi connectivity index (χ0v) is 12.8. The van der Waals surface area contributed by atoms with Crippen molar-refractivity contribution >= 4 is 28.4 Å². The quantitative estimate of drug-likeness (QED) is 0.836. The summed E-state index contributed by atoms with van der Waals surface area (Å²) in [6, 6.07) is 1.99. The Kier molecular flexibility index (Phi) is 5.27. The molecule has 1 aromatic rings. The van der Waals surface area contributed by atoms with E-state index in [0.717, 1.165) is 12.1 Å². The van der Waals surface area contributed by atoms with Crippen LogP contribution in [0.3, 0.4) is 0 Å². The maximum atomic E-state index is 13.4. The van der Waals surface area contributed by atoms with E-state index in [1.165, 1.54) is 6.92 Å². The van der Waals surface area contributed by atoms with Gasteiger partial charge >= 0.3 is 11.4 Å². The van der Waals surface area contributed by atoms with Crippen LogP contribution in [0.1, 0.15) is 41.8 Å². The monoisotopic (exact) mass is 324 g/mol. The second-order valence-electron chi connectivity index (χ2n) is 4.43. The fraction of sp³-hybridized carbons (Fsp3) is 0.462. The largest absolute Gasteiger partial charge is 0.478 e. The Morgan fingerprint density at radius 3 is 2.45 bits per heavy atom. The van der Waals surface area contributed by atoms with E-state index in [9.17, 15) is 17.8 Å². The van der Waals surface area contributed by atoms with Crippen molar-refractivity contribution in [1.82, 2.24) is 0 Å². The Bertz CT molecular complexity index is 555. The molecule has 7 heteroatoms. The van der Waals surface area contributed by atoms with Gasteiger partial charge in [0.1, 0.15) is 0 Å². The average Bonchev–Trinajstić information content (AvgIpc) is 2.34. The number of carboxylic acids is 1. The molecule has 0 radical (unpaired) electrons. The molecule has 0 aromatic heterocycles. The molecular formula is C13H15ClF2O3S. The van der Waals surface area contributed by atoms with Gasteiger partial charge in [-0.3, -0.25) is 4.21 Å². The van der Waals surface area contributed by atoms with Crippen molar-refractivity contribution in [2.24, 2.45) is 0 Å². The molecule has 2 atom stereocenters. The minimum atomic E-state index is -3.69. The Hall–Kier alpha value is -1.01. The van der Waals surface area contributed by atoms with Crippen LogP contribution in [0.15, 0.2) is 17.0 Å². The van der Waals surface area contributed by atoms with Gasteiger partial charge in [0.15, 0.2) is 0 Å². The van der Waals surface area contributed by atoms with Gasteiger partial charge in [0, 0.05) is 5.25 Å². The zero-order valence-electron chi connectivity index (χ0n) is 11.2. The van der Waals surface area contributed by atoms with Crippen molar-refractivity contribution in [3.05, 3.63) is 28.8 Å². The lowest BCUT2D eigenvalue weighted by Crippen LogP contribution is -2.18. The van der Waals surface area contributed by atoms with Crippen LogP contribution in [0.5, 0.6) is 0 Å². The summed E-state index contributed by atoms with van der Waals surface area (Å²) in [6.45, 7) is 4.79. The molecule has 1 aromatic carbocycles. The maximum Gasteiger partial charge on any atom is 0.349 e. The van der Waals surface area contributed by atoms with Crippen molar-refractivity contribution in [1.29, 1.82) is 0 Å². The maximum absolute atomic E-state index is 13.4. The van der Waals surface area contributed by atoms with Gasteiger partial charge in [-0.15, -0.1) is 0 Å². The van der Waals surface area contributed by atoms with Crippen LogP contribution in [0.2, 0.25) is 0 Å². The molecule has 1 N–H and O–H groups in total. The topological polar surface area (TPSA) is 54.4 Å². The van der Waals surface area contributed by atoms with E-state index in [4.69, 9.17) is 16.7 Å². The fourth-order valence-corrected chi connectivity index (χ4v) is 3.50. The highest BCUT2D eigenvalue weighted by atomic mass is 35.5. The van der Waals surface area contributed by atoms with Crippen LogP contribution in [-0.2, 0) is 16.2 Å². The highest BCUT2D eigenvalue weighted by molar-refractivity contribution is 7.85. The average molecular weight is 325 g/mol. The first-order valence-corrected chi connectivity index (χ1v) is 7.55. The highest BCUT2D eigenvalue weighted by Crippen LogP contribution is 2.39. The Labute approximate surface area is 123 Å². The zero-order chi connectivity index (χ0) is 15.7. The summed E-state index contributed by atoms with van der Waals surface area (Å²) in [4.78, 5) is 10.9. The molecule has 0 aliphatic heterocycles. The van der Waals surface area contributed by atoms with Crippen LogP contribution in [0.4, 0.5) is 8.78 Å². The number of rotatable bonds is 5. The summed E-state index contributed by atoms with van der Waals surface area (Å²) < 4.78 is 39.2. The molecule has 0 saturated carbocycles. The number of carbonyl (C=O) groups is 1. The molecule has 0 unspecified atom stereocenters. The number of hydrogen-bond donors (Lipinski definition) is 1. The Morgan fingerprint density at radius 2 is 2.05 bits per heavy atom. The smallest absolute Gasteiger partial charge is 0.349 e. The summed E-state index contributed by atoms with van der Waals surface area (Å²) >= 11 is 5.04. The lowest BCUT2D eigenvalue weighted by Gasteiger charge is -2.19. The third-order valence-electron chi connectivity index (χ3n) is 3.08. The van der Waals surface area contributed by atoms with Gasteiger partial charge in [-0.1, -0.05) is 13.8 Å². The standard InChI is InChI=1S/C13H15ClF2O3S/c1-4-7(2)20(19)11-8(3)9(12(17)18)5-6-10(11)13(14,15)16/h5-7H,4H2,1-3H3,(H,17,18)/t7-,20+/m1/s1. The molecule has 0 heterocycles. The molecule has 0 fully saturated rings.